The number of ether oxygens (including phenoxy) is 2. The molecule has 0 bridgehead atoms. The van der Waals surface area contributed by atoms with E-state index < -0.39 is 6.10 Å². The van der Waals surface area contributed by atoms with Crippen LogP contribution >= 0.6 is 11.3 Å². The fourth-order valence-electron chi connectivity index (χ4n) is 4.21. The number of hydrogen-bond donors (Lipinski definition) is 1. The van der Waals surface area contributed by atoms with Crippen molar-refractivity contribution in [1.29, 1.82) is 0 Å². The number of rotatable bonds is 12. The Balaban J connectivity index is 1.70. The second kappa shape index (κ2) is 12.3. The zero-order valence-corrected chi connectivity index (χ0v) is 20.7. The number of carbonyl (C=O) groups is 1. The number of aliphatic hydroxyl groups is 1. The van der Waals surface area contributed by atoms with E-state index >= 15 is 0 Å². The Morgan fingerprint density at radius 3 is 2.76 bits per heavy atom. The molecule has 33 heavy (non-hydrogen) atoms. The molecule has 2 heterocycles. The number of aliphatic hydroxyl groups excluding tert-OH is 1. The van der Waals surface area contributed by atoms with E-state index in [-0.39, 0.29) is 25.1 Å². The maximum atomic E-state index is 13.4. The van der Waals surface area contributed by atoms with Crippen molar-refractivity contribution in [2.45, 2.75) is 38.3 Å². The highest BCUT2D eigenvalue weighted by atomic mass is 32.1. The Hall–Kier alpha value is -2.19. The summed E-state index contributed by atoms with van der Waals surface area (Å²) in [5.74, 6) is 1.31. The van der Waals surface area contributed by atoms with Crippen LogP contribution in [-0.4, -0.2) is 73.4 Å². The number of methoxy groups -OCH3 is 1. The molecular formula is C26H36N2O4S. The first-order chi connectivity index (χ1) is 15.9. The van der Waals surface area contributed by atoms with Gasteiger partial charge in [-0.05, 0) is 47.0 Å². The number of carbonyl (C=O) groups excluding carboxylic acids is 1. The molecule has 0 saturated heterocycles. The molecular weight excluding hydrogens is 436 g/mol. The Morgan fingerprint density at radius 2 is 2.09 bits per heavy atom. The molecule has 2 aromatic rings. The van der Waals surface area contributed by atoms with Crippen LogP contribution in [0.2, 0.25) is 0 Å². The first kappa shape index (κ1) is 25.4. The van der Waals surface area contributed by atoms with Gasteiger partial charge in [-0.3, -0.25) is 9.69 Å². The minimum Gasteiger partial charge on any atom is -0.491 e. The SMILES string of the molecule is C=CCN(CC(=O)N1CCc2sccc2[C@@H]1COc1ccc(C(C)C)cc1)C[C@@H](O)COC. The normalized spacial score (nSPS) is 16.7. The van der Waals surface area contributed by atoms with Crippen LogP contribution in [0.3, 0.4) is 0 Å². The lowest BCUT2D eigenvalue weighted by molar-refractivity contribution is -0.136. The molecule has 1 amide bonds. The Morgan fingerprint density at radius 1 is 1.33 bits per heavy atom. The number of thiophene rings is 1. The monoisotopic (exact) mass is 472 g/mol. The summed E-state index contributed by atoms with van der Waals surface area (Å²) in [6.07, 6.45) is 1.95. The van der Waals surface area contributed by atoms with Gasteiger partial charge < -0.3 is 19.5 Å². The molecule has 0 unspecified atom stereocenters. The Labute approximate surface area is 201 Å². The summed E-state index contributed by atoms with van der Waals surface area (Å²) in [4.78, 5) is 18.5. The molecule has 3 rings (SSSR count). The molecule has 2 atom stereocenters. The van der Waals surface area contributed by atoms with Crippen molar-refractivity contribution in [1.82, 2.24) is 9.80 Å². The molecule has 0 fully saturated rings. The smallest absolute Gasteiger partial charge is 0.237 e. The van der Waals surface area contributed by atoms with Gasteiger partial charge >= 0.3 is 0 Å². The lowest BCUT2D eigenvalue weighted by Gasteiger charge is -2.37. The standard InChI is InChI=1S/C26H36N2O4S/c1-5-12-27(15-21(29)17-31-4)16-26(30)28-13-10-25-23(11-14-33-25)24(28)18-32-22-8-6-20(7-9-22)19(2)3/h5-9,11,14,19,21,24,29H,1,10,12-13,15-18H2,2-4H3/t21-,24+/m1/s1. The number of hydrogen-bond acceptors (Lipinski definition) is 6. The third-order valence-electron chi connectivity index (χ3n) is 5.94. The summed E-state index contributed by atoms with van der Waals surface area (Å²) < 4.78 is 11.2. The van der Waals surface area contributed by atoms with E-state index in [4.69, 9.17) is 9.47 Å². The van der Waals surface area contributed by atoms with Gasteiger partial charge in [0.15, 0.2) is 0 Å². The minimum atomic E-state index is -0.652. The van der Waals surface area contributed by atoms with Crippen LogP contribution in [0, 0.1) is 0 Å². The van der Waals surface area contributed by atoms with Crippen molar-refractivity contribution in [2.75, 3.05) is 46.5 Å². The molecule has 0 spiro atoms. The van der Waals surface area contributed by atoms with E-state index in [1.807, 2.05) is 21.9 Å². The van der Waals surface area contributed by atoms with Gasteiger partial charge in [0.25, 0.3) is 0 Å². The van der Waals surface area contributed by atoms with E-state index in [1.54, 1.807) is 24.5 Å². The zero-order chi connectivity index (χ0) is 23.8. The van der Waals surface area contributed by atoms with Gasteiger partial charge in [-0.2, -0.15) is 0 Å². The molecule has 0 saturated carbocycles. The van der Waals surface area contributed by atoms with Crippen LogP contribution in [0.5, 0.6) is 5.75 Å². The molecule has 1 aliphatic heterocycles. The molecule has 1 N–H and O–H groups in total. The van der Waals surface area contributed by atoms with Gasteiger partial charge in [0, 0.05) is 31.6 Å². The summed E-state index contributed by atoms with van der Waals surface area (Å²) in [5.41, 5.74) is 2.45. The van der Waals surface area contributed by atoms with Crippen molar-refractivity contribution >= 4 is 17.2 Å². The van der Waals surface area contributed by atoms with Crippen molar-refractivity contribution in [2.24, 2.45) is 0 Å². The highest BCUT2D eigenvalue weighted by Crippen LogP contribution is 2.34. The van der Waals surface area contributed by atoms with Crippen molar-refractivity contribution < 1.29 is 19.4 Å². The summed E-state index contributed by atoms with van der Waals surface area (Å²) >= 11 is 1.74. The first-order valence-electron chi connectivity index (χ1n) is 11.5. The summed E-state index contributed by atoms with van der Waals surface area (Å²) in [5, 5.41) is 12.2. The van der Waals surface area contributed by atoms with Crippen molar-refractivity contribution in [3.8, 4) is 5.75 Å². The van der Waals surface area contributed by atoms with Gasteiger partial charge in [-0.25, -0.2) is 0 Å². The molecule has 7 heteroatoms. The Kier molecular flexibility index (Phi) is 9.50. The lowest BCUT2D eigenvalue weighted by atomic mass is 10.00. The predicted molar refractivity (Wildman–Crippen MR) is 133 cm³/mol. The first-order valence-corrected chi connectivity index (χ1v) is 12.4. The fraction of sp³-hybridized carbons (Fsp3) is 0.500. The van der Waals surface area contributed by atoms with Crippen LogP contribution in [-0.2, 0) is 16.0 Å². The minimum absolute atomic E-state index is 0.0297. The predicted octanol–water partition coefficient (Wildman–Crippen LogP) is 3.87. The molecule has 1 aliphatic rings. The Bertz CT molecular complexity index is 896. The molecule has 0 radical (unpaired) electrons. The van der Waals surface area contributed by atoms with Crippen LogP contribution < -0.4 is 4.74 Å². The maximum absolute atomic E-state index is 13.4. The van der Waals surface area contributed by atoms with Crippen LogP contribution in [0.15, 0.2) is 48.4 Å². The topological polar surface area (TPSA) is 62.2 Å². The van der Waals surface area contributed by atoms with Crippen molar-refractivity contribution in [3.63, 3.8) is 0 Å². The molecule has 1 aromatic heterocycles. The van der Waals surface area contributed by atoms with E-state index in [9.17, 15) is 9.90 Å². The van der Waals surface area contributed by atoms with Gasteiger partial charge in [0.2, 0.25) is 5.91 Å². The van der Waals surface area contributed by atoms with Gasteiger partial charge in [-0.1, -0.05) is 32.1 Å². The highest BCUT2D eigenvalue weighted by molar-refractivity contribution is 7.10. The van der Waals surface area contributed by atoms with Crippen LogP contribution in [0.25, 0.3) is 0 Å². The summed E-state index contributed by atoms with van der Waals surface area (Å²) in [6, 6.07) is 10.2. The molecule has 0 aliphatic carbocycles. The zero-order valence-electron chi connectivity index (χ0n) is 19.9. The summed E-state index contributed by atoms with van der Waals surface area (Å²) in [6.45, 7) is 10.5. The van der Waals surface area contributed by atoms with Gasteiger partial charge in [0.05, 0.1) is 25.3 Å². The third kappa shape index (κ3) is 6.90. The van der Waals surface area contributed by atoms with Gasteiger partial charge in [-0.15, -0.1) is 17.9 Å². The quantitative estimate of drug-likeness (QED) is 0.475. The van der Waals surface area contributed by atoms with Crippen LogP contribution in [0.1, 0.15) is 41.8 Å². The van der Waals surface area contributed by atoms with Crippen LogP contribution in [0.4, 0.5) is 0 Å². The number of benzene rings is 1. The number of nitrogens with zero attached hydrogens (tertiary/aromatic N) is 2. The van der Waals surface area contributed by atoms with E-state index in [1.165, 1.54) is 16.0 Å². The second-order valence-corrected chi connectivity index (χ2v) is 9.78. The number of amides is 1. The average molecular weight is 473 g/mol. The average Bonchev–Trinajstić information content (AvgIpc) is 3.27. The second-order valence-electron chi connectivity index (χ2n) is 8.78. The van der Waals surface area contributed by atoms with E-state index in [0.29, 0.717) is 32.2 Å². The molecule has 180 valence electrons. The lowest BCUT2D eigenvalue weighted by Crippen LogP contribution is -2.48. The largest absolute Gasteiger partial charge is 0.491 e. The number of fused-ring (bicyclic) bond motifs is 1. The maximum Gasteiger partial charge on any atom is 0.237 e. The van der Waals surface area contributed by atoms with Crippen molar-refractivity contribution in [3.05, 3.63) is 64.4 Å². The third-order valence-corrected chi connectivity index (χ3v) is 6.94. The fourth-order valence-corrected chi connectivity index (χ4v) is 5.14. The molecule has 6 nitrogen and oxygen atoms in total. The summed E-state index contributed by atoms with van der Waals surface area (Å²) in [7, 11) is 1.55. The van der Waals surface area contributed by atoms with Gasteiger partial charge in [0.1, 0.15) is 12.4 Å². The van der Waals surface area contributed by atoms with E-state index in [2.05, 4.69) is 44.0 Å². The highest BCUT2D eigenvalue weighted by Gasteiger charge is 2.33. The van der Waals surface area contributed by atoms with E-state index in [0.717, 1.165) is 12.2 Å². The molecule has 1 aromatic carbocycles.